The van der Waals surface area contributed by atoms with Crippen LogP contribution in [-0.2, 0) is 15.1 Å². The zero-order chi connectivity index (χ0) is 21.0. The van der Waals surface area contributed by atoms with Gasteiger partial charge in [-0.2, -0.15) is 0 Å². The Balaban J connectivity index is 1.75. The maximum Gasteiger partial charge on any atom is 0.341 e. The Bertz CT molecular complexity index is 988. The smallest absolute Gasteiger partial charge is 0.341 e. The van der Waals surface area contributed by atoms with Crippen LogP contribution in [0.15, 0.2) is 33.3 Å². The summed E-state index contributed by atoms with van der Waals surface area (Å²) in [6, 6.07) is 3.48. The molecular formula is C18H21N5O4S2. The molecule has 0 fully saturated rings. The number of ether oxygens (including phenoxy) is 1. The molecular weight excluding hydrogens is 414 g/mol. The van der Waals surface area contributed by atoms with Crippen molar-refractivity contribution < 1.29 is 18.7 Å². The summed E-state index contributed by atoms with van der Waals surface area (Å²) < 4.78 is 12.2. The van der Waals surface area contributed by atoms with Crippen molar-refractivity contribution in [1.82, 2.24) is 20.2 Å². The van der Waals surface area contributed by atoms with Gasteiger partial charge in [-0.25, -0.2) is 9.48 Å². The van der Waals surface area contributed by atoms with Crippen LogP contribution in [0, 0.1) is 0 Å². The molecule has 1 N–H and O–H groups in total. The van der Waals surface area contributed by atoms with Gasteiger partial charge in [0.2, 0.25) is 11.1 Å². The molecule has 3 aromatic rings. The van der Waals surface area contributed by atoms with Gasteiger partial charge in [0.05, 0.1) is 24.2 Å². The zero-order valence-electron chi connectivity index (χ0n) is 16.5. The number of nitrogens with one attached hydrogen (secondary N) is 1. The molecule has 3 rings (SSSR count). The number of rotatable bonds is 7. The van der Waals surface area contributed by atoms with E-state index in [4.69, 9.17) is 9.15 Å². The molecule has 0 saturated heterocycles. The monoisotopic (exact) mass is 435 g/mol. The predicted molar refractivity (Wildman–Crippen MR) is 110 cm³/mol. The van der Waals surface area contributed by atoms with Crippen LogP contribution in [0.25, 0.3) is 11.3 Å². The fourth-order valence-electron chi connectivity index (χ4n) is 2.45. The molecule has 0 unspecified atom stereocenters. The van der Waals surface area contributed by atoms with E-state index in [0.717, 1.165) is 0 Å². The van der Waals surface area contributed by atoms with E-state index in [0.29, 0.717) is 21.5 Å². The fraction of sp³-hybridized carbons (Fsp3) is 0.389. The van der Waals surface area contributed by atoms with Gasteiger partial charge in [-0.1, -0.05) is 11.8 Å². The van der Waals surface area contributed by atoms with Crippen molar-refractivity contribution in [3.05, 3.63) is 29.3 Å². The van der Waals surface area contributed by atoms with Crippen molar-refractivity contribution in [2.24, 2.45) is 0 Å². The first-order chi connectivity index (χ1) is 13.8. The molecule has 0 radical (unpaired) electrons. The third-order valence-corrected chi connectivity index (χ3v) is 5.53. The van der Waals surface area contributed by atoms with Crippen molar-refractivity contribution in [3.63, 3.8) is 0 Å². The number of hydrogen-bond donors (Lipinski definition) is 1. The number of aromatic nitrogens is 4. The van der Waals surface area contributed by atoms with Crippen LogP contribution in [0.3, 0.4) is 0 Å². The average Bonchev–Trinajstić information content (AvgIpc) is 3.39. The van der Waals surface area contributed by atoms with Gasteiger partial charge in [-0.05, 0) is 50.3 Å². The summed E-state index contributed by atoms with van der Waals surface area (Å²) >= 11 is 2.46. The summed E-state index contributed by atoms with van der Waals surface area (Å²) in [6.07, 6.45) is 1.52. The van der Waals surface area contributed by atoms with Gasteiger partial charge < -0.3 is 14.5 Å². The molecule has 11 heteroatoms. The highest BCUT2D eigenvalue weighted by Gasteiger charge is 2.25. The van der Waals surface area contributed by atoms with Crippen LogP contribution < -0.4 is 5.32 Å². The van der Waals surface area contributed by atoms with E-state index >= 15 is 0 Å². The molecule has 0 aliphatic heterocycles. The minimum Gasteiger partial charge on any atom is -0.464 e. The second-order valence-corrected chi connectivity index (χ2v) is 8.75. The van der Waals surface area contributed by atoms with Crippen LogP contribution in [0.1, 0.15) is 38.1 Å². The quantitative estimate of drug-likeness (QED) is 0.442. The summed E-state index contributed by atoms with van der Waals surface area (Å²) in [6.45, 7) is 7.87. The highest BCUT2D eigenvalue weighted by atomic mass is 32.2. The number of esters is 1. The number of hydrogen-bond acceptors (Lipinski definition) is 9. The third-order valence-electron chi connectivity index (χ3n) is 3.72. The lowest BCUT2D eigenvalue weighted by molar-refractivity contribution is -0.113. The number of anilines is 1. The molecule has 0 spiro atoms. The number of furan rings is 1. The predicted octanol–water partition coefficient (Wildman–Crippen LogP) is 3.66. The molecule has 3 aromatic heterocycles. The van der Waals surface area contributed by atoms with Gasteiger partial charge in [-0.15, -0.1) is 16.4 Å². The molecule has 0 atom stereocenters. The van der Waals surface area contributed by atoms with E-state index in [9.17, 15) is 9.59 Å². The Morgan fingerprint density at radius 1 is 1.38 bits per heavy atom. The van der Waals surface area contributed by atoms with Crippen LogP contribution in [-0.4, -0.2) is 44.4 Å². The highest BCUT2D eigenvalue weighted by Crippen LogP contribution is 2.36. The van der Waals surface area contributed by atoms with Gasteiger partial charge in [0.25, 0.3) is 0 Å². The Morgan fingerprint density at radius 2 is 2.17 bits per heavy atom. The number of thiophene rings is 1. The molecule has 154 valence electrons. The van der Waals surface area contributed by atoms with E-state index in [1.807, 2.05) is 20.8 Å². The fourth-order valence-corrected chi connectivity index (χ4v) is 4.26. The van der Waals surface area contributed by atoms with Gasteiger partial charge in [0.15, 0.2) is 0 Å². The molecule has 0 aliphatic carbocycles. The van der Waals surface area contributed by atoms with Gasteiger partial charge in [-0.3, -0.25) is 4.79 Å². The van der Waals surface area contributed by atoms with Crippen LogP contribution in [0.5, 0.6) is 0 Å². The van der Waals surface area contributed by atoms with Gasteiger partial charge in [0.1, 0.15) is 16.3 Å². The van der Waals surface area contributed by atoms with Crippen molar-refractivity contribution in [2.75, 3.05) is 17.7 Å². The Morgan fingerprint density at radius 3 is 2.83 bits per heavy atom. The highest BCUT2D eigenvalue weighted by molar-refractivity contribution is 7.99. The molecule has 3 heterocycles. The summed E-state index contributed by atoms with van der Waals surface area (Å²) in [5.74, 6) is -0.174. The maximum absolute atomic E-state index is 12.5. The van der Waals surface area contributed by atoms with Gasteiger partial charge >= 0.3 is 5.97 Å². The molecule has 0 aromatic carbocycles. The number of thioether (sulfide) groups is 1. The molecule has 1 amide bonds. The molecule has 29 heavy (non-hydrogen) atoms. The van der Waals surface area contributed by atoms with Crippen molar-refractivity contribution in [1.29, 1.82) is 0 Å². The summed E-state index contributed by atoms with van der Waals surface area (Å²) in [4.78, 5) is 25.0. The summed E-state index contributed by atoms with van der Waals surface area (Å²) in [5.41, 5.74) is 0.563. The van der Waals surface area contributed by atoms with Crippen molar-refractivity contribution in [3.8, 4) is 11.3 Å². The standard InChI is InChI=1S/C18H21N5O4S2/c1-5-26-16(25)14-11(12-7-6-8-27-12)9-28-15(14)19-13(24)10-29-17-20-21-22-23(17)18(2,3)4/h6-9H,5,10H2,1-4H3,(H,19,24). The van der Waals surface area contributed by atoms with Crippen LogP contribution in [0.2, 0.25) is 0 Å². The molecule has 9 nitrogen and oxygen atoms in total. The topological polar surface area (TPSA) is 112 Å². The van der Waals surface area contributed by atoms with Crippen molar-refractivity contribution in [2.45, 2.75) is 38.4 Å². The number of amides is 1. The van der Waals surface area contributed by atoms with Crippen molar-refractivity contribution >= 4 is 40.0 Å². The average molecular weight is 436 g/mol. The van der Waals surface area contributed by atoms with E-state index in [2.05, 4.69) is 20.8 Å². The van der Waals surface area contributed by atoms with E-state index in [1.54, 1.807) is 29.1 Å². The van der Waals surface area contributed by atoms with Crippen LogP contribution in [0.4, 0.5) is 5.00 Å². The van der Waals surface area contributed by atoms with E-state index in [-0.39, 0.29) is 29.4 Å². The lowest BCUT2D eigenvalue weighted by atomic mass is 10.1. The SMILES string of the molecule is CCOC(=O)c1c(-c2ccco2)csc1NC(=O)CSc1nnnn1C(C)(C)C. The van der Waals surface area contributed by atoms with E-state index in [1.165, 1.54) is 29.4 Å². The summed E-state index contributed by atoms with van der Waals surface area (Å²) in [5, 5.41) is 17.1. The molecule has 0 aliphatic rings. The number of tetrazole rings is 1. The number of nitrogens with zero attached hydrogens (tertiary/aromatic N) is 4. The third kappa shape index (κ3) is 4.85. The normalized spacial score (nSPS) is 11.4. The second-order valence-electron chi connectivity index (χ2n) is 6.93. The van der Waals surface area contributed by atoms with E-state index < -0.39 is 5.97 Å². The molecule has 0 saturated carbocycles. The zero-order valence-corrected chi connectivity index (χ0v) is 18.1. The lowest BCUT2D eigenvalue weighted by Gasteiger charge is -2.19. The number of carbonyl (C=O) groups excluding carboxylic acids is 2. The minimum absolute atomic E-state index is 0.0900. The summed E-state index contributed by atoms with van der Waals surface area (Å²) in [7, 11) is 0. The maximum atomic E-state index is 12.5. The Labute approximate surface area is 175 Å². The first-order valence-corrected chi connectivity index (χ1v) is 10.7. The minimum atomic E-state index is -0.514. The molecule has 0 bridgehead atoms. The lowest BCUT2D eigenvalue weighted by Crippen LogP contribution is -2.24. The van der Waals surface area contributed by atoms with Gasteiger partial charge in [0, 0.05) is 10.9 Å². The first-order valence-electron chi connectivity index (χ1n) is 8.85. The Hall–Kier alpha value is -2.66. The second kappa shape index (κ2) is 8.78. The largest absolute Gasteiger partial charge is 0.464 e. The number of carbonyl (C=O) groups is 2. The van der Waals surface area contributed by atoms with Crippen LogP contribution >= 0.6 is 23.1 Å². The Kier molecular flexibility index (Phi) is 6.38. The first kappa shape index (κ1) is 21.1.